The Morgan fingerprint density at radius 1 is 1.25 bits per heavy atom. The lowest BCUT2D eigenvalue weighted by Gasteiger charge is -2.07. The first-order valence-electron chi connectivity index (χ1n) is 6.29. The zero-order valence-electron chi connectivity index (χ0n) is 11.0. The first-order chi connectivity index (χ1) is 9.76. The lowest BCUT2D eigenvalue weighted by Crippen LogP contribution is -1.98. The van der Waals surface area contributed by atoms with Crippen molar-refractivity contribution >= 4 is 27.8 Å². The number of hydrogen-bond donors (Lipinski definition) is 0. The summed E-state index contributed by atoms with van der Waals surface area (Å²) in [7, 11) is 0. The zero-order chi connectivity index (χ0) is 13.9. The molecule has 0 aliphatic carbocycles. The molecule has 100 valence electrons. The van der Waals surface area contributed by atoms with Crippen LogP contribution in [-0.4, -0.2) is 11.3 Å². The van der Waals surface area contributed by atoms with Crippen LogP contribution >= 0.6 is 11.3 Å². The smallest absolute Gasteiger partial charge is 0.153 e. The molecule has 0 aliphatic rings. The van der Waals surface area contributed by atoms with Crippen LogP contribution in [0.2, 0.25) is 0 Å². The van der Waals surface area contributed by atoms with Gasteiger partial charge in [0.15, 0.2) is 6.29 Å². The predicted molar refractivity (Wildman–Crippen MR) is 80.5 cm³/mol. The number of aldehydes is 1. The third-order valence-electron chi connectivity index (χ3n) is 2.98. The molecule has 2 aromatic carbocycles. The van der Waals surface area contributed by atoms with E-state index in [-0.39, 0.29) is 0 Å². The first kappa shape index (κ1) is 12.8. The van der Waals surface area contributed by atoms with E-state index < -0.39 is 0 Å². The molecule has 0 unspecified atom stereocenters. The third-order valence-corrected chi connectivity index (χ3v) is 3.99. The summed E-state index contributed by atoms with van der Waals surface area (Å²) in [4.78, 5) is 15.5. The van der Waals surface area contributed by atoms with Crippen LogP contribution in [-0.2, 0) is 6.61 Å². The van der Waals surface area contributed by atoms with Gasteiger partial charge in [0, 0.05) is 0 Å². The topological polar surface area (TPSA) is 39.2 Å². The minimum absolute atomic E-state index is 0.378. The van der Waals surface area contributed by atoms with Crippen LogP contribution in [0.1, 0.15) is 20.9 Å². The summed E-state index contributed by atoms with van der Waals surface area (Å²) in [6, 6.07) is 13.6. The van der Waals surface area contributed by atoms with Gasteiger partial charge in [0.2, 0.25) is 0 Å². The van der Waals surface area contributed by atoms with Gasteiger partial charge in [-0.05, 0) is 31.2 Å². The number of nitrogens with zero attached hydrogens (tertiary/aromatic N) is 1. The van der Waals surface area contributed by atoms with Crippen LogP contribution in [0, 0.1) is 6.92 Å². The Labute approximate surface area is 120 Å². The molecule has 0 saturated heterocycles. The van der Waals surface area contributed by atoms with Crippen molar-refractivity contribution in [1.82, 2.24) is 4.98 Å². The molecule has 0 bridgehead atoms. The average Bonchev–Trinajstić information content (AvgIpc) is 2.88. The molecular weight excluding hydrogens is 270 g/mol. The van der Waals surface area contributed by atoms with E-state index in [0.717, 1.165) is 27.1 Å². The van der Waals surface area contributed by atoms with Gasteiger partial charge in [-0.2, -0.15) is 0 Å². The summed E-state index contributed by atoms with van der Waals surface area (Å²) in [6.07, 6.45) is 0.820. The van der Waals surface area contributed by atoms with Crippen molar-refractivity contribution in [3.63, 3.8) is 0 Å². The molecule has 4 heteroatoms. The summed E-state index contributed by atoms with van der Waals surface area (Å²) in [5, 5.41) is 0.906. The molecule has 0 spiro atoms. The number of benzene rings is 2. The van der Waals surface area contributed by atoms with Crippen molar-refractivity contribution in [2.75, 3.05) is 0 Å². The minimum Gasteiger partial charge on any atom is -0.486 e. The number of aromatic nitrogens is 1. The molecule has 0 amide bonds. The number of hydrogen-bond acceptors (Lipinski definition) is 4. The molecule has 1 aromatic heterocycles. The Kier molecular flexibility index (Phi) is 3.48. The average molecular weight is 283 g/mol. The summed E-state index contributed by atoms with van der Waals surface area (Å²) in [6.45, 7) is 2.33. The fourth-order valence-electron chi connectivity index (χ4n) is 2.01. The van der Waals surface area contributed by atoms with E-state index in [4.69, 9.17) is 4.74 Å². The van der Waals surface area contributed by atoms with Gasteiger partial charge in [0.05, 0.1) is 15.8 Å². The van der Waals surface area contributed by atoms with Crippen molar-refractivity contribution in [3.05, 3.63) is 58.6 Å². The molecule has 20 heavy (non-hydrogen) atoms. The molecule has 1 heterocycles. The highest BCUT2D eigenvalue weighted by Crippen LogP contribution is 2.24. The predicted octanol–water partition coefficient (Wildman–Crippen LogP) is 4.00. The Bertz CT molecular complexity index is 731. The molecule has 0 fully saturated rings. The maximum absolute atomic E-state index is 11.0. The molecule has 0 N–H and O–H groups in total. The minimum atomic E-state index is 0.378. The molecule has 0 atom stereocenters. The Hall–Kier alpha value is -2.20. The van der Waals surface area contributed by atoms with Gasteiger partial charge < -0.3 is 4.74 Å². The molecule has 3 rings (SSSR count). The third kappa shape index (κ3) is 2.56. The summed E-state index contributed by atoms with van der Waals surface area (Å²) in [5.41, 5.74) is 2.60. The van der Waals surface area contributed by atoms with Gasteiger partial charge in [-0.15, -0.1) is 11.3 Å². The van der Waals surface area contributed by atoms with Crippen LogP contribution < -0.4 is 4.74 Å². The maximum atomic E-state index is 11.0. The normalized spacial score (nSPS) is 10.7. The number of para-hydroxylation sites is 1. The van der Waals surface area contributed by atoms with Crippen LogP contribution in [0.15, 0.2) is 42.5 Å². The lowest BCUT2D eigenvalue weighted by molar-refractivity contribution is 0.111. The standard InChI is InChI=1S/C16H13NO2S/c1-11-6-7-14(12(8-11)9-18)19-10-16-17-13-4-2-3-5-15(13)20-16/h2-9H,10H2,1H3. The molecule has 0 radical (unpaired) electrons. The highest BCUT2D eigenvalue weighted by molar-refractivity contribution is 7.18. The Morgan fingerprint density at radius 2 is 2.10 bits per heavy atom. The van der Waals surface area contributed by atoms with Gasteiger partial charge in [-0.3, -0.25) is 4.79 Å². The summed E-state index contributed by atoms with van der Waals surface area (Å²) >= 11 is 1.61. The highest BCUT2D eigenvalue weighted by atomic mass is 32.1. The van der Waals surface area contributed by atoms with E-state index in [1.165, 1.54) is 0 Å². The molecule has 3 aromatic rings. The number of carbonyl (C=O) groups excluding carboxylic acids is 1. The quantitative estimate of drug-likeness (QED) is 0.679. The zero-order valence-corrected chi connectivity index (χ0v) is 11.8. The lowest BCUT2D eigenvalue weighted by atomic mass is 10.1. The van der Waals surface area contributed by atoms with Crippen molar-refractivity contribution in [3.8, 4) is 5.75 Å². The van der Waals surface area contributed by atoms with Gasteiger partial charge >= 0.3 is 0 Å². The van der Waals surface area contributed by atoms with Crippen LogP contribution in [0.3, 0.4) is 0 Å². The van der Waals surface area contributed by atoms with E-state index >= 15 is 0 Å². The van der Waals surface area contributed by atoms with E-state index in [0.29, 0.717) is 17.9 Å². The highest BCUT2D eigenvalue weighted by Gasteiger charge is 2.07. The van der Waals surface area contributed by atoms with Crippen molar-refractivity contribution in [1.29, 1.82) is 0 Å². The van der Waals surface area contributed by atoms with E-state index in [2.05, 4.69) is 4.98 Å². The number of carbonyl (C=O) groups is 1. The number of aryl methyl sites for hydroxylation is 1. The number of fused-ring (bicyclic) bond motifs is 1. The second-order valence-corrected chi connectivity index (χ2v) is 5.64. The van der Waals surface area contributed by atoms with Crippen LogP contribution in [0.5, 0.6) is 5.75 Å². The number of thiazole rings is 1. The molecule has 0 aliphatic heterocycles. The van der Waals surface area contributed by atoms with Crippen molar-refractivity contribution in [2.24, 2.45) is 0 Å². The summed E-state index contributed by atoms with van der Waals surface area (Å²) in [5.74, 6) is 0.602. The van der Waals surface area contributed by atoms with E-state index in [9.17, 15) is 4.79 Å². The van der Waals surface area contributed by atoms with E-state index in [1.807, 2.05) is 49.4 Å². The van der Waals surface area contributed by atoms with Crippen LogP contribution in [0.25, 0.3) is 10.2 Å². The monoisotopic (exact) mass is 283 g/mol. The number of rotatable bonds is 4. The second kappa shape index (κ2) is 5.43. The summed E-state index contributed by atoms with van der Waals surface area (Å²) < 4.78 is 6.86. The maximum Gasteiger partial charge on any atom is 0.153 e. The fourth-order valence-corrected chi connectivity index (χ4v) is 2.89. The first-order valence-corrected chi connectivity index (χ1v) is 7.11. The SMILES string of the molecule is Cc1ccc(OCc2nc3ccccc3s2)c(C=O)c1. The van der Waals surface area contributed by atoms with Gasteiger partial charge in [0.1, 0.15) is 17.4 Å². The van der Waals surface area contributed by atoms with Gasteiger partial charge in [-0.1, -0.05) is 23.8 Å². The van der Waals surface area contributed by atoms with E-state index in [1.54, 1.807) is 11.3 Å². The Balaban J connectivity index is 1.80. The van der Waals surface area contributed by atoms with Gasteiger partial charge in [-0.25, -0.2) is 4.98 Å². The van der Waals surface area contributed by atoms with Gasteiger partial charge in [0.25, 0.3) is 0 Å². The fraction of sp³-hybridized carbons (Fsp3) is 0.125. The number of ether oxygens (including phenoxy) is 1. The molecule has 0 saturated carbocycles. The Morgan fingerprint density at radius 3 is 2.90 bits per heavy atom. The molecule has 3 nitrogen and oxygen atoms in total. The van der Waals surface area contributed by atoms with Crippen molar-refractivity contribution in [2.45, 2.75) is 13.5 Å². The van der Waals surface area contributed by atoms with Crippen LogP contribution in [0.4, 0.5) is 0 Å². The largest absolute Gasteiger partial charge is 0.486 e. The second-order valence-electron chi connectivity index (χ2n) is 4.52. The van der Waals surface area contributed by atoms with Crippen molar-refractivity contribution < 1.29 is 9.53 Å². The molecular formula is C16H13NO2S.